The van der Waals surface area contributed by atoms with Gasteiger partial charge < -0.3 is 5.11 Å². The first-order valence-corrected chi connectivity index (χ1v) is 16.4. The molecule has 0 bridgehead atoms. The number of aromatic hydroxyl groups is 1. The van der Waals surface area contributed by atoms with Gasteiger partial charge in [0.2, 0.25) is 0 Å². The third-order valence-electron chi connectivity index (χ3n) is 5.81. The summed E-state index contributed by atoms with van der Waals surface area (Å²) in [5, 5.41) is 11.2. The van der Waals surface area contributed by atoms with Gasteiger partial charge in [-0.15, -0.1) is 0 Å². The minimum atomic E-state index is -0.826. The van der Waals surface area contributed by atoms with Gasteiger partial charge in [0.1, 0.15) is 5.75 Å². The quantitative estimate of drug-likeness (QED) is 0.284. The van der Waals surface area contributed by atoms with E-state index in [0.717, 1.165) is 35.1 Å². The summed E-state index contributed by atoms with van der Waals surface area (Å²) >= 11 is -0.826. The second kappa shape index (κ2) is 11.3. The second-order valence-corrected chi connectivity index (χ2v) is 11.3. The van der Waals surface area contributed by atoms with Gasteiger partial charge in [0.25, 0.3) is 0 Å². The second-order valence-electron chi connectivity index (χ2n) is 7.53. The van der Waals surface area contributed by atoms with Crippen molar-refractivity contribution < 1.29 is 26.0 Å². The molecule has 0 heterocycles. The molecule has 0 atom stereocenters. The first-order valence-electron chi connectivity index (χ1n) is 10.0. The molecular weight excluding hydrogens is 492 g/mol. The summed E-state index contributed by atoms with van der Waals surface area (Å²) in [7, 11) is 9.87. The summed E-state index contributed by atoms with van der Waals surface area (Å²) in [4.78, 5) is 4.64. The summed E-state index contributed by atoms with van der Waals surface area (Å²) in [5.74, 6) is 0.316. The number of nitrogens with zero attached hydrogens (tertiary/aromatic N) is 1. The average Bonchev–Trinajstić information content (AvgIpc) is 2.75. The van der Waals surface area contributed by atoms with Crippen LogP contribution in [0.2, 0.25) is 0 Å². The Labute approximate surface area is 197 Å². The van der Waals surface area contributed by atoms with E-state index < -0.39 is 26.3 Å². The van der Waals surface area contributed by atoms with Crippen molar-refractivity contribution >= 4 is 23.2 Å². The average molecular weight is 518 g/mol. The van der Waals surface area contributed by atoms with Crippen LogP contribution in [-0.4, -0.2) is 17.4 Å². The molecule has 1 saturated carbocycles. The SMILES string of the molecule is CC(c1ccccc1)(c1ccccc1)c1cccc(C=NC2CCC2)c1O.[Cl][Zr][Cl]. The molecule has 30 heavy (non-hydrogen) atoms. The minimum absolute atomic E-state index is 0.316. The van der Waals surface area contributed by atoms with E-state index in [0.29, 0.717) is 11.8 Å². The molecule has 1 aliphatic carbocycles. The van der Waals surface area contributed by atoms with Crippen LogP contribution in [0.15, 0.2) is 83.9 Å². The van der Waals surface area contributed by atoms with Crippen molar-refractivity contribution in [2.75, 3.05) is 0 Å². The van der Waals surface area contributed by atoms with E-state index in [2.05, 4.69) is 60.4 Å². The topological polar surface area (TPSA) is 32.6 Å². The zero-order chi connectivity index (χ0) is 21.4. The molecule has 0 radical (unpaired) electrons. The van der Waals surface area contributed by atoms with Crippen LogP contribution in [0.5, 0.6) is 5.75 Å². The Bertz CT molecular complexity index is 920. The summed E-state index contributed by atoms with van der Waals surface area (Å²) in [6.45, 7) is 2.18. The number of hydrogen-bond donors (Lipinski definition) is 1. The number of para-hydroxylation sites is 1. The zero-order valence-corrected chi connectivity index (χ0v) is 20.9. The molecule has 1 fully saturated rings. The Kier molecular flexibility index (Phi) is 8.75. The van der Waals surface area contributed by atoms with Crippen LogP contribution in [0.1, 0.15) is 48.4 Å². The van der Waals surface area contributed by atoms with Gasteiger partial charge >= 0.3 is 37.9 Å². The number of benzene rings is 3. The molecule has 1 N–H and O–H groups in total. The molecule has 3 aromatic rings. The normalized spacial score (nSPS) is 14.0. The number of hydrogen-bond acceptors (Lipinski definition) is 2. The molecule has 0 spiro atoms. The van der Waals surface area contributed by atoms with Gasteiger partial charge in [-0.05, 0) is 43.4 Å². The van der Waals surface area contributed by atoms with E-state index in [9.17, 15) is 5.11 Å². The van der Waals surface area contributed by atoms with Gasteiger partial charge in [0.05, 0.1) is 0 Å². The fourth-order valence-corrected chi connectivity index (χ4v) is 3.81. The molecule has 1 aliphatic rings. The zero-order valence-electron chi connectivity index (χ0n) is 16.9. The standard InChI is InChI=1S/C25H25NO.2ClH.Zr/c1-25(20-11-4-2-5-12-20,21-13-6-3-7-14-21)23-17-8-10-19(24(23)27)18-26-22-15-9-16-22;;;/h2-8,10-14,17-18,22,27H,9,15-16H2,1H3;2*1H;/q;;;+2/p-2. The van der Waals surface area contributed by atoms with Crippen LogP contribution in [0.4, 0.5) is 0 Å². The molecule has 0 aliphatic heterocycles. The van der Waals surface area contributed by atoms with Crippen molar-refractivity contribution in [1.29, 1.82) is 0 Å². The molecule has 3 aromatic carbocycles. The van der Waals surface area contributed by atoms with Crippen LogP contribution in [0.25, 0.3) is 0 Å². The molecular formula is C25H25Cl2NOZr. The third-order valence-corrected chi connectivity index (χ3v) is 5.81. The van der Waals surface area contributed by atoms with Crippen LogP contribution in [0.3, 0.4) is 0 Å². The van der Waals surface area contributed by atoms with Gasteiger partial charge in [-0.3, -0.25) is 4.99 Å². The number of aliphatic imine (C=N–C) groups is 1. The van der Waals surface area contributed by atoms with E-state index in [-0.39, 0.29) is 0 Å². The number of phenols is 1. The van der Waals surface area contributed by atoms with Crippen LogP contribution >= 0.6 is 17.0 Å². The van der Waals surface area contributed by atoms with E-state index in [1.165, 1.54) is 6.42 Å². The van der Waals surface area contributed by atoms with Crippen molar-refractivity contribution in [3.63, 3.8) is 0 Å². The predicted molar refractivity (Wildman–Crippen MR) is 123 cm³/mol. The van der Waals surface area contributed by atoms with Crippen molar-refractivity contribution in [2.45, 2.75) is 37.6 Å². The number of rotatable bonds is 5. The maximum absolute atomic E-state index is 11.2. The summed E-state index contributed by atoms with van der Waals surface area (Å²) < 4.78 is 0. The molecule has 4 rings (SSSR count). The van der Waals surface area contributed by atoms with E-state index in [4.69, 9.17) is 17.0 Å². The molecule has 5 heteroatoms. The van der Waals surface area contributed by atoms with E-state index in [1.54, 1.807) is 0 Å². The molecule has 0 aromatic heterocycles. The van der Waals surface area contributed by atoms with Gasteiger partial charge in [-0.2, -0.15) is 0 Å². The fourth-order valence-electron chi connectivity index (χ4n) is 3.81. The fraction of sp³-hybridized carbons (Fsp3) is 0.240. The monoisotopic (exact) mass is 515 g/mol. The molecule has 0 unspecified atom stereocenters. The van der Waals surface area contributed by atoms with Gasteiger partial charge in [0.15, 0.2) is 0 Å². The number of halogens is 2. The van der Waals surface area contributed by atoms with Gasteiger partial charge in [-0.1, -0.05) is 72.8 Å². The van der Waals surface area contributed by atoms with Gasteiger partial charge in [-0.25, -0.2) is 0 Å². The molecule has 2 nitrogen and oxygen atoms in total. The molecule has 0 amide bonds. The third kappa shape index (κ3) is 5.25. The Morgan fingerprint density at radius 3 is 1.90 bits per heavy atom. The number of phenolic OH excluding ortho intramolecular Hbond substituents is 1. The van der Waals surface area contributed by atoms with E-state index in [1.807, 2.05) is 36.5 Å². The van der Waals surface area contributed by atoms with Crippen LogP contribution < -0.4 is 0 Å². The summed E-state index contributed by atoms with van der Waals surface area (Å²) in [5.41, 5.74) is 3.54. The van der Waals surface area contributed by atoms with Crippen molar-refractivity contribution in [1.82, 2.24) is 0 Å². The molecule has 154 valence electrons. The van der Waals surface area contributed by atoms with E-state index >= 15 is 0 Å². The van der Waals surface area contributed by atoms with Crippen molar-refractivity contribution in [3.05, 3.63) is 101 Å². The Balaban J connectivity index is 0.000000806. The predicted octanol–water partition coefficient (Wildman–Crippen LogP) is 7.09. The Morgan fingerprint density at radius 1 is 0.900 bits per heavy atom. The molecule has 0 saturated heterocycles. The Morgan fingerprint density at radius 2 is 1.43 bits per heavy atom. The summed E-state index contributed by atoms with van der Waals surface area (Å²) in [6, 6.07) is 27.2. The first kappa shape index (κ1) is 23.3. The first-order chi connectivity index (χ1) is 14.6. The van der Waals surface area contributed by atoms with Crippen molar-refractivity contribution in [2.24, 2.45) is 4.99 Å². The maximum atomic E-state index is 11.2. The Hall–Kier alpha value is -1.41. The van der Waals surface area contributed by atoms with Gasteiger partial charge in [0, 0.05) is 28.8 Å². The van der Waals surface area contributed by atoms with Crippen LogP contribution in [-0.2, 0) is 26.3 Å². The van der Waals surface area contributed by atoms with Crippen LogP contribution in [0, 0.1) is 0 Å². The van der Waals surface area contributed by atoms with Crippen molar-refractivity contribution in [3.8, 4) is 5.75 Å². The summed E-state index contributed by atoms with van der Waals surface area (Å²) in [6.07, 6.45) is 5.42.